The van der Waals surface area contributed by atoms with Gasteiger partial charge >= 0.3 is 0 Å². The average molecular weight is 282 g/mol. The summed E-state index contributed by atoms with van der Waals surface area (Å²) in [4.78, 5) is 21.9. The summed E-state index contributed by atoms with van der Waals surface area (Å²) in [6, 6.07) is 0. The fraction of sp³-hybridized carbons (Fsp3) is 0.818. The number of carbonyl (C=O) groups excluding carboxylic acids is 2. The van der Waals surface area contributed by atoms with Gasteiger partial charge in [0, 0.05) is 25.4 Å². The van der Waals surface area contributed by atoms with Crippen LogP contribution in [0.3, 0.4) is 0 Å². The summed E-state index contributed by atoms with van der Waals surface area (Å²) in [5, 5.41) is 0.132. The van der Waals surface area contributed by atoms with Gasteiger partial charge in [-0.05, 0) is 13.8 Å². The van der Waals surface area contributed by atoms with E-state index in [-0.39, 0.29) is 22.4 Å². The van der Waals surface area contributed by atoms with E-state index in [0.29, 0.717) is 11.5 Å². The van der Waals surface area contributed by atoms with Crippen LogP contribution in [-0.4, -0.2) is 39.7 Å². The summed E-state index contributed by atoms with van der Waals surface area (Å²) in [6.45, 7) is 6.75. The Morgan fingerprint density at radius 1 is 1.00 bits per heavy atom. The van der Waals surface area contributed by atoms with Crippen molar-refractivity contribution >= 4 is 33.8 Å². The largest absolute Gasteiger partial charge is 0.344 e. The standard InChI is InChI=1S/C11H18O4S2/c1-7(12)16-5-9-10(6-17-8(2)13)15-11(3,4)14-9/h9-10H,5-6H2,1-4H3/t9-,10+/i5+2,6+2. The van der Waals surface area contributed by atoms with Crippen molar-refractivity contribution in [2.24, 2.45) is 0 Å². The molecular weight excluding hydrogens is 264 g/mol. The lowest BCUT2D eigenvalue weighted by Crippen LogP contribution is -2.28. The van der Waals surface area contributed by atoms with Gasteiger partial charge in [0.2, 0.25) is 0 Å². The Labute approximate surface area is 110 Å². The first-order chi connectivity index (χ1) is 7.80. The maximum atomic E-state index is 10.9. The minimum Gasteiger partial charge on any atom is -0.344 e. The van der Waals surface area contributed by atoms with Gasteiger partial charge in [-0.25, -0.2) is 0 Å². The van der Waals surface area contributed by atoms with Crippen molar-refractivity contribution in [1.82, 2.24) is 0 Å². The molecule has 1 aliphatic rings. The molecule has 0 aromatic heterocycles. The highest BCUT2D eigenvalue weighted by atomic mass is 32.2. The van der Waals surface area contributed by atoms with Gasteiger partial charge in [-0.3, -0.25) is 9.59 Å². The van der Waals surface area contributed by atoms with E-state index in [1.165, 1.54) is 37.4 Å². The smallest absolute Gasteiger partial charge is 0.185 e. The second-order valence-corrected chi connectivity index (χ2v) is 6.71. The van der Waals surface area contributed by atoms with Gasteiger partial charge in [0.1, 0.15) is 0 Å². The number of carbonyl (C=O) groups is 2. The molecule has 1 aliphatic heterocycles. The Bertz CT molecular complexity index is 276. The second-order valence-electron chi connectivity index (χ2n) is 4.32. The topological polar surface area (TPSA) is 52.6 Å². The molecule has 0 amide bonds. The zero-order chi connectivity index (χ0) is 13.1. The molecule has 0 bridgehead atoms. The Balaban J connectivity index is 2.51. The van der Waals surface area contributed by atoms with Crippen molar-refractivity contribution in [2.45, 2.75) is 45.7 Å². The third-order valence-electron chi connectivity index (χ3n) is 2.19. The minimum atomic E-state index is -0.635. The molecule has 17 heavy (non-hydrogen) atoms. The van der Waals surface area contributed by atoms with Gasteiger partial charge < -0.3 is 9.47 Å². The van der Waals surface area contributed by atoms with Crippen molar-refractivity contribution < 1.29 is 19.1 Å². The predicted octanol–water partition coefficient (Wildman–Crippen LogP) is 2.07. The fourth-order valence-electron chi connectivity index (χ4n) is 1.59. The first-order valence-electron chi connectivity index (χ1n) is 5.42. The first-order valence-corrected chi connectivity index (χ1v) is 7.39. The summed E-state index contributed by atoms with van der Waals surface area (Å²) in [5.41, 5.74) is 0. The number of ether oxygens (including phenoxy) is 2. The van der Waals surface area contributed by atoms with Gasteiger partial charge in [0.05, 0.1) is 12.2 Å². The molecule has 0 N–H and O–H groups in total. The van der Waals surface area contributed by atoms with Crippen LogP contribution in [0.5, 0.6) is 0 Å². The fourth-order valence-corrected chi connectivity index (χ4v) is 2.95. The number of hydrogen-bond acceptors (Lipinski definition) is 6. The molecule has 1 saturated heterocycles. The highest BCUT2D eigenvalue weighted by Gasteiger charge is 2.41. The molecule has 1 heterocycles. The molecule has 0 aromatic carbocycles. The summed E-state index contributed by atoms with van der Waals surface area (Å²) in [5.74, 6) is 0.508. The molecule has 1 fully saturated rings. The predicted molar refractivity (Wildman–Crippen MR) is 70.1 cm³/mol. The van der Waals surface area contributed by atoms with E-state index in [9.17, 15) is 9.59 Å². The summed E-state index contributed by atoms with van der Waals surface area (Å²) < 4.78 is 11.4. The second kappa shape index (κ2) is 6.22. The maximum Gasteiger partial charge on any atom is 0.185 e. The lowest BCUT2D eigenvalue weighted by Gasteiger charge is -2.16. The number of hydrogen-bond donors (Lipinski definition) is 0. The average Bonchev–Trinajstić information content (AvgIpc) is 2.47. The van der Waals surface area contributed by atoms with Crippen molar-refractivity contribution in [3.63, 3.8) is 0 Å². The molecule has 0 unspecified atom stereocenters. The van der Waals surface area contributed by atoms with Crippen molar-refractivity contribution in [2.75, 3.05) is 11.5 Å². The van der Waals surface area contributed by atoms with E-state index in [2.05, 4.69) is 0 Å². The van der Waals surface area contributed by atoms with Crippen LogP contribution >= 0.6 is 23.5 Å². The quantitative estimate of drug-likeness (QED) is 0.787. The molecule has 98 valence electrons. The van der Waals surface area contributed by atoms with E-state index < -0.39 is 5.79 Å². The van der Waals surface area contributed by atoms with E-state index in [4.69, 9.17) is 9.47 Å². The summed E-state index contributed by atoms with van der Waals surface area (Å²) in [6.07, 6.45) is -0.267. The van der Waals surface area contributed by atoms with Crippen molar-refractivity contribution in [3.8, 4) is 0 Å². The molecule has 0 spiro atoms. The highest BCUT2D eigenvalue weighted by molar-refractivity contribution is 8.13. The Kier molecular flexibility index (Phi) is 5.50. The third-order valence-corrected chi connectivity index (χ3v) is 3.99. The molecule has 0 aromatic rings. The number of thioether (sulfide) groups is 2. The molecule has 6 heteroatoms. The normalized spacial score (nSPS) is 27.1. The Morgan fingerprint density at radius 3 is 1.65 bits per heavy atom. The van der Waals surface area contributed by atoms with Crippen LogP contribution < -0.4 is 0 Å². The van der Waals surface area contributed by atoms with Gasteiger partial charge in [-0.15, -0.1) is 0 Å². The Morgan fingerprint density at radius 2 is 1.35 bits per heavy atom. The van der Waals surface area contributed by atoms with Gasteiger partial charge in [-0.2, -0.15) is 0 Å². The lowest BCUT2D eigenvalue weighted by molar-refractivity contribution is -0.142. The van der Waals surface area contributed by atoms with Crippen LogP contribution in [0.25, 0.3) is 0 Å². The van der Waals surface area contributed by atoms with Crippen LogP contribution in [0.15, 0.2) is 0 Å². The van der Waals surface area contributed by atoms with Crippen LogP contribution in [-0.2, 0) is 19.1 Å². The molecule has 1 rings (SSSR count). The summed E-state index contributed by atoms with van der Waals surface area (Å²) >= 11 is 2.46. The zero-order valence-electron chi connectivity index (χ0n) is 10.5. The first kappa shape index (κ1) is 15.0. The van der Waals surface area contributed by atoms with E-state index in [1.54, 1.807) is 0 Å². The van der Waals surface area contributed by atoms with Crippen molar-refractivity contribution in [1.29, 1.82) is 0 Å². The number of rotatable bonds is 4. The molecular formula is C11H18O4S2. The summed E-state index contributed by atoms with van der Waals surface area (Å²) in [7, 11) is 0. The maximum absolute atomic E-state index is 10.9. The van der Waals surface area contributed by atoms with Gasteiger partial charge in [0.25, 0.3) is 0 Å². The van der Waals surface area contributed by atoms with Gasteiger partial charge in [-0.1, -0.05) is 23.5 Å². The van der Waals surface area contributed by atoms with Crippen LogP contribution in [0, 0.1) is 0 Å². The molecule has 0 saturated carbocycles. The highest BCUT2D eigenvalue weighted by Crippen LogP contribution is 2.32. The van der Waals surface area contributed by atoms with E-state index >= 15 is 0 Å². The third kappa shape index (κ3) is 5.42. The molecule has 0 aliphatic carbocycles. The minimum absolute atomic E-state index is 0.0660. The zero-order valence-corrected chi connectivity index (χ0v) is 12.2. The van der Waals surface area contributed by atoms with E-state index in [1.807, 2.05) is 13.8 Å². The molecule has 2 atom stereocenters. The van der Waals surface area contributed by atoms with Crippen molar-refractivity contribution in [3.05, 3.63) is 0 Å². The lowest BCUT2D eigenvalue weighted by atomic mass is 10.4. The van der Waals surface area contributed by atoms with Crippen LogP contribution in [0.2, 0.25) is 0 Å². The van der Waals surface area contributed by atoms with Crippen LogP contribution in [0.1, 0.15) is 27.7 Å². The van der Waals surface area contributed by atoms with Gasteiger partial charge in [0.15, 0.2) is 16.0 Å². The monoisotopic (exact) mass is 282 g/mol. The SMILES string of the molecule is CC(=O)S[14CH2][C@@H]1OC(C)(C)O[C@@H]1[14CH2]SC(C)=O. The Hall–Kier alpha value is -0.0400. The van der Waals surface area contributed by atoms with Crippen LogP contribution in [0.4, 0.5) is 0 Å². The molecule has 4 nitrogen and oxygen atoms in total. The van der Waals surface area contributed by atoms with E-state index in [0.717, 1.165) is 0 Å². The molecule has 0 radical (unpaired) electrons.